The topological polar surface area (TPSA) is 70.6 Å². The average molecular weight is 357 g/mol. The van der Waals surface area contributed by atoms with E-state index in [0.717, 1.165) is 36.2 Å². The van der Waals surface area contributed by atoms with Gasteiger partial charge in [-0.15, -0.1) is 11.3 Å². The number of nitrogens with one attached hydrogen (secondary N) is 2. The number of hydrogen-bond donors (Lipinski definition) is 2. The highest BCUT2D eigenvalue weighted by Crippen LogP contribution is 2.14. The summed E-state index contributed by atoms with van der Waals surface area (Å²) in [5.41, 5.74) is 4.92. The largest absolute Gasteiger partial charge is 0.321 e. The Morgan fingerprint density at radius 3 is 2.52 bits per heavy atom. The summed E-state index contributed by atoms with van der Waals surface area (Å²) in [6, 6.07) is 11.0. The highest BCUT2D eigenvalue weighted by atomic mass is 32.1. The van der Waals surface area contributed by atoms with Crippen molar-refractivity contribution in [1.29, 1.82) is 0 Å². The van der Waals surface area contributed by atoms with Gasteiger partial charge in [-0.25, -0.2) is 5.43 Å². The van der Waals surface area contributed by atoms with Gasteiger partial charge in [0, 0.05) is 12.1 Å². The van der Waals surface area contributed by atoms with Gasteiger partial charge in [0.25, 0.3) is 5.91 Å². The SMILES string of the molecule is CCCCCC(=O)N/N=C(\C)c1ccc(NC(=O)c2cccs2)cc1. The van der Waals surface area contributed by atoms with E-state index in [0.29, 0.717) is 11.3 Å². The number of hydrazone groups is 1. The molecule has 2 aromatic rings. The summed E-state index contributed by atoms with van der Waals surface area (Å²) >= 11 is 1.40. The fraction of sp³-hybridized carbons (Fsp3) is 0.316. The van der Waals surface area contributed by atoms with Crippen molar-refractivity contribution in [2.75, 3.05) is 5.32 Å². The molecule has 0 radical (unpaired) electrons. The van der Waals surface area contributed by atoms with Crippen LogP contribution in [0.1, 0.15) is 54.8 Å². The number of thiophene rings is 1. The summed E-state index contributed by atoms with van der Waals surface area (Å²) in [6.45, 7) is 3.94. The van der Waals surface area contributed by atoms with E-state index in [-0.39, 0.29) is 11.8 Å². The van der Waals surface area contributed by atoms with Gasteiger partial charge in [-0.3, -0.25) is 9.59 Å². The molecule has 25 heavy (non-hydrogen) atoms. The van der Waals surface area contributed by atoms with E-state index < -0.39 is 0 Å². The molecule has 0 atom stereocenters. The van der Waals surface area contributed by atoms with Crippen LogP contribution >= 0.6 is 11.3 Å². The first kappa shape index (κ1) is 18.9. The quantitative estimate of drug-likeness (QED) is 0.417. The zero-order chi connectivity index (χ0) is 18.1. The second-order valence-electron chi connectivity index (χ2n) is 5.70. The third-order valence-corrected chi connectivity index (χ3v) is 4.53. The van der Waals surface area contributed by atoms with Gasteiger partial charge in [0.15, 0.2) is 0 Å². The van der Waals surface area contributed by atoms with Gasteiger partial charge in [-0.1, -0.05) is 38.0 Å². The molecular weight excluding hydrogens is 334 g/mol. The lowest BCUT2D eigenvalue weighted by Crippen LogP contribution is -2.18. The first-order valence-corrected chi connectivity index (χ1v) is 9.26. The third-order valence-electron chi connectivity index (χ3n) is 3.66. The molecule has 0 aliphatic heterocycles. The Morgan fingerprint density at radius 1 is 1.12 bits per heavy atom. The van der Waals surface area contributed by atoms with Gasteiger partial charge in [-0.2, -0.15) is 5.10 Å². The third kappa shape index (κ3) is 6.15. The monoisotopic (exact) mass is 357 g/mol. The molecule has 0 unspecified atom stereocenters. The Labute approximate surface area is 152 Å². The van der Waals surface area contributed by atoms with Gasteiger partial charge >= 0.3 is 0 Å². The van der Waals surface area contributed by atoms with E-state index in [1.807, 2.05) is 42.6 Å². The minimum atomic E-state index is -0.118. The molecule has 6 heteroatoms. The van der Waals surface area contributed by atoms with Crippen molar-refractivity contribution in [1.82, 2.24) is 5.43 Å². The number of benzene rings is 1. The summed E-state index contributed by atoms with van der Waals surface area (Å²) in [4.78, 5) is 24.4. The van der Waals surface area contributed by atoms with Crippen molar-refractivity contribution in [3.05, 3.63) is 52.2 Å². The predicted molar refractivity (Wildman–Crippen MR) is 103 cm³/mol. The number of nitrogens with zero attached hydrogens (tertiary/aromatic N) is 1. The smallest absolute Gasteiger partial charge is 0.265 e. The summed E-state index contributed by atoms with van der Waals surface area (Å²) in [5, 5.41) is 8.86. The molecular formula is C19H23N3O2S. The lowest BCUT2D eigenvalue weighted by Gasteiger charge is -2.06. The van der Waals surface area contributed by atoms with Crippen LogP contribution in [0, 0.1) is 0 Å². The van der Waals surface area contributed by atoms with Crippen molar-refractivity contribution in [2.24, 2.45) is 5.10 Å². The molecule has 1 heterocycles. The van der Waals surface area contributed by atoms with Gasteiger partial charge in [0.1, 0.15) is 0 Å². The summed E-state index contributed by atoms with van der Waals surface area (Å²) in [7, 11) is 0. The van der Waals surface area contributed by atoms with E-state index >= 15 is 0 Å². The Morgan fingerprint density at radius 2 is 1.88 bits per heavy atom. The minimum Gasteiger partial charge on any atom is -0.321 e. The van der Waals surface area contributed by atoms with Crippen LogP contribution in [-0.2, 0) is 4.79 Å². The van der Waals surface area contributed by atoms with Crippen molar-refractivity contribution in [2.45, 2.75) is 39.5 Å². The molecule has 0 bridgehead atoms. The highest BCUT2D eigenvalue weighted by molar-refractivity contribution is 7.12. The molecule has 0 spiro atoms. The minimum absolute atomic E-state index is 0.0624. The van der Waals surface area contributed by atoms with Crippen LogP contribution in [0.4, 0.5) is 5.69 Å². The normalized spacial score (nSPS) is 11.2. The number of hydrogen-bond acceptors (Lipinski definition) is 4. The maximum atomic E-state index is 12.0. The fourth-order valence-corrected chi connectivity index (χ4v) is 2.82. The van der Waals surface area contributed by atoms with Crippen LogP contribution < -0.4 is 10.7 Å². The van der Waals surface area contributed by atoms with Crippen molar-refractivity contribution < 1.29 is 9.59 Å². The van der Waals surface area contributed by atoms with Crippen LogP contribution in [0.2, 0.25) is 0 Å². The molecule has 0 fully saturated rings. The second kappa shape index (κ2) is 9.74. The summed E-state index contributed by atoms with van der Waals surface area (Å²) in [5.74, 6) is -0.180. The zero-order valence-corrected chi connectivity index (χ0v) is 15.4. The molecule has 2 rings (SSSR count). The first-order valence-electron chi connectivity index (χ1n) is 8.38. The van der Waals surface area contributed by atoms with Gasteiger partial charge in [0.05, 0.1) is 10.6 Å². The maximum absolute atomic E-state index is 12.0. The van der Waals surface area contributed by atoms with E-state index in [4.69, 9.17) is 0 Å². The lowest BCUT2D eigenvalue weighted by molar-refractivity contribution is -0.121. The van der Waals surface area contributed by atoms with Gasteiger partial charge < -0.3 is 5.32 Å². The number of amides is 2. The molecule has 0 saturated heterocycles. The molecule has 5 nitrogen and oxygen atoms in total. The maximum Gasteiger partial charge on any atom is 0.265 e. The second-order valence-corrected chi connectivity index (χ2v) is 6.65. The van der Waals surface area contributed by atoms with Crippen LogP contribution in [-0.4, -0.2) is 17.5 Å². The summed E-state index contributed by atoms with van der Waals surface area (Å²) < 4.78 is 0. The lowest BCUT2D eigenvalue weighted by atomic mass is 10.1. The van der Waals surface area contributed by atoms with Gasteiger partial charge in [-0.05, 0) is 42.5 Å². The van der Waals surface area contributed by atoms with Crippen LogP contribution in [0.25, 0.3) is 0 Å². The van der Waals surface area contributed by atoms with Crippen molar-refractivity contribution in [3.63, 3.8) is 0 Å². The molecule has 0 aliphatic rings. The Hall–Kier alpha value is -2.47. The Balaban J connectivity index is 1.89. The average Bonchev–Trinajstić information content (AvgIpc) is 3.15. The molecule has 0 saturated carbocycles. The van der Waals surface area contributed by atoms with Crippen LogP contribution in [0.5, 0.6) is 0 Å². The molecule has 132 valence electrons. The number of carbonyl (C=O) groups is 2. The first-order chi connectivity index (χ1) is 12.1. The van der Waals surface area contributed by atoms with Crippen LogP contribution in [0.3, 0.4) is 0 Å². The Bertz CT molecular complexity index is 722. The zero-order valence-electron chi connectivity index (χ0n) is 14.5. The predicted octanol–water partition coefficient (Wildman–Crippen LogP) is 4.42. The fourth-order valence-electron chi connectivity index (χ4n) is 2.20. The highest BCUT2D eigenvalue weighted by Gasteiger charge is 2.07. The number of unbranched alkanes of at least 4 members (excludes halogenated alkanes) is 2. The Kier molecular flexibility index (Phi) is 7.35. The number of rotatable bonds is 8. The van der Waals surface area contributed by atoms with Crippen LogP contribution in [0.15, 0.2) is 46.9 Å². The molecule has 1 aromatic heterocycles. The molecule has 1 aromatic carbocycles. The van der Waals surface area contributed by atoms with Gasteiger partial charge in [0.2, 0.25) is 5.91 Å². The van der Waals surface area contributed by atoms with E-state index in [1.165, 1.54) is 11.3 Å². The number of carbonyl (C=O) groups excluding carboxylic acids is 2. The van der Waals surface area contributed by atoms with Crippen molar-refractivity contribution in [3.8, 4) is 0 Å². The number of anilines is 1. The van der Waals surface area contributed by atoms with E-state index in [2.05, 4.69) is 22.8 Å². The van der Waals surface area contributed by atoms with E-state index in [9.17, 15) is 9.59 Å². The molecule has 2 amide bonds. The van der Waals surface area contributed by atoms with Crippen molar-refractivity contribution >= 4 is 34.6 Å². The standard InChI is InChI=1S/C19H23N3O2S/c1-3-4-5-8-18(23)22-21-14(2)15-9-11-16(12-10-15)20-19(24)17-7-6-13-25-17/h6-7,9-13H,3-5,8H2,1-2H3,(H,20,24)(H,22,23)/b21-14+. The summed E-state index contributed by atoms with van der Waals surface area (Å²) in [6.07, 6.45) is 3.52. The molecule has 2 N–H and O–H groups in total. The molecule has 0 aliphatic carbocycles. The van der Waals surface area contributed by atoms with E-state index in [1.54, 1.807) is 6.07 Å².